The molecule has 0 saturated carbocycles. The monoisotopic (exact) mass is 239 g/mol. The lowest BCUT2D eigenvalue weighted by atomic mass is 10.2. The van der Waals surface area contributed by atoms with E-state index in [9.17, 15) is 0 Å². The molecule has 1 saturated heterocycles. The van der Waals surface area contributed by atoms with Gasteiger partial charge in [0.2, 0.25) is 0 Å². The summed E-state index contributed by atoms with van der Waals surface area (Å²) < 4.78 is 11.1. The molecule has 16 heavy (non-hydrogen) atoms. The number of rotatable bonds is 5. The summed E-state index contributed by atoms with van der Waals surface area (Å²) in [5.41, 5.74) is 0. The molecule has 0 spiro atoms. The standard InChI is InChI=1S/C12H17NO2S/c1-3-7-13-11(5-1)16-10-9-15-12-6-2-4-8-14-12/h1,3,5,7,12H,2,4,6,8-10H2. The molecule has 2 heterocycles. The highest BCUT2D eigenvalue weighted by atomic mass is 32.2. The van der Waals surface area contributed by atoms with Crippen LogP contribution in [0.1, 0.15) is 19.3 Å². The molecule has 0 aromatic carbocycles. The molecule has 1 atom stereocenters. The van der Waals surface area contributed by atoms with E-state index >= 15 is 0 Å². The lowest BCUT2D eigenvalue weighted by molar-refractivity contribution is -0.158. The summed E-state index contributed by atoms with van der Waals surface area (Å²) >= 11 is 1.72. The highest BCUT2D eigenvalue weighted by Gasteiger charge is 2.13. The number of pyridine rings is 1. The largest absolute Gasteiger partial charge is 0.353 e. The fourth-order valence-corrected chi connectivity index (χ4v) is 2.30. The van der Waals surface area contributed by atoms with E-state index in [4.69, 9.17) is 9.47 Å². The minimum absolute atomic E-state index is 0.0260. The van der Waals surface area contributed by atoms with Crippen molar-refractivity contribution in [2.24, 2.45) is 0 Å². The number of ether oxygens (including phenoxy) is 2. The van der Waals surface area contributed by atoms with Crippen molar-refractivity contribution in [3.63, 3.8) is 0 Å². The molecule has 0 aliphatic carbocycles. The molecule has 0 radical (unpaired) electrons. The third kappa shape index (κ3) is 4.12. The summed E-state index contributed by atoms with van der Waals surface area (Å²) in [7, 11) is 0. The Morgan fingerprint density at radius 1 is 1.44 bits per heavy atom. The van der Waals surface area contributed by atoms with Gasteiger partial charge in [0.15, 0.2) is 6.29 Å². The van der Waals surface area contributed by atoms with Crippen molar-refractivity contribution >= 4 is 11.8 Å². The smallest absolute Gasteiger partial charge is 0.157 e. The molecule has 88 valence electrons. The molecule has 2 rings (SSSR count). The Balaban J connectivity index is 1.58. The molecule has 1 unspecified atom stereocenters. The Morgan fingerprint density at radius 3 is 3.19 bits per heavy atom. The highest BCUT2D eigenvalue weighted by Crippen LogP contribution is 2.16. The minimum Gasteiger partial charge on any atom is -0.353 e. The third-order valence-corrected chi connectivity index (χ3v) is 3.32. The molecule has 0 N–H and O–H groups in total. The Bertz CT molecular complexity index is 288. The van der Waals surface area contributed by atoms with Crippen LogP contribution in [0.4, 0.5) is 0 Å². The van der Waals surface area contributed by atoms with E-state index in [1.807, 2.05) is 24.4 Å². The highest BCUT2D eigenvalue weighted by molar-refractivity contribution is 7.99. The second-order valence-corrected chi connectivity index (χ2v) is 4.80. The zero-order chi connectivity index (χ0) is 11.1. The van der Waals surface area contributed by atoms with Gasteiger partial charge in [0.1, 0.15) is 0 Å². The molecule has 0 bridgehead atoms. The first-order chi connectivity index (χ1) is 7.95. The summed E-state index contributed by atoms with van der Waals surface area (Å²) in [6.07, 6.45) is 5.26. The molecule has 1 aromatic heterocycles. The van der Waals surface area contributed by atoms with Gasteiger partial charge in [-0.05, 0) is 31.4 Å². The lowest BCUT2D eigenvalue weighted by Crippen LogP contribution is -2.23. The van der Waals surface area contributed by atoms with Crippen LogP contribution < -0.4 is 0 Å². The van der Waals surface area contributed by atoms with Gasteiger partial charge in [0.25, 0.3) is 0 Å². The molecule has 3 nitrogen and oxygen atoms in total. The average Bonchev–Trinajstić information content (AvgIpc) is 2.37. The minimum atomic E-state index is 0.0260. The zero-order valence-corrected chi connectivity index (χ0v) is 10.1. The van der Waals surface area contributed by atoms with Crippen molar-refractivity contribution in [1.82, 2.24) is 4.98 Å². The second-order valence-electron chi connectivity index (χ2n) is 3.68. The van der Waals surface area contributed by atoms with Crippen molar-refractivity contribution in [2.45, 2.75) is 30.6 Å². The normalized spacial score (nSPS) is 20.9. The van der Waals surface area contributed by atoms with E-state index in [1.165, 1.54) is 12.8 Å². The van der Waals surface area contributed by atoms with Gasteiger partial charge in [0.05, 0.1) is 11.6 Å². The Hall–Kier alpha value is -0.580. The van der Waals surface area contributed by atoms with Gasteiger partial charge >= 0.3 is 0 Å². The molecule has 1 aliphatic rings. The summed E-state index contributed by atoms with van der Waals surface area (Å²) in [6.45, 7) is 1.57. The van der Waals surface area contributed by atoms with Gasteiger partial charge in [-0.1, -0.05) is 6.07 Å². The van der Waals surface area contributed by atoms with Crippen LogP contribution in [-0.2, 0) is 9.47 Å². The molecule has 1 aromatic rings. The van der Waals surface area contributed by atoms with Crippen LogP contribution >= 0.6 is 11.8 Å². The number of aromatic nitrogens is 1. The Morgan fingerprint density at radius 2 is 2.44 bits per heavy atom. The van der Waals surface area contributed by atoms with Gasteiger partial charge in [0, 0.05) is 18.6 Å². The maximum absolute atomic E-state index is 5.63. The predicted octanol–water partition coefficient (Wildman–Crippen LogP) is 2.72. The number of hydrogen-bond acceptors (Lipinski definition) is 4. The molecule has 0 amide bonds. The van der Waals surface area contributed by atoms with Crippen molar-refractivity contribution < 1.29 is 9.47 Å². The van der Waals surface area contributed by atoms with E-state index in [0.29, 0.717) is 0 Å². The summed E-state index contributed by atoms with van der Waals surface area (Å²) in [6, 6.07) is 5.94. The van der Waals surface area contributed by atoms with Gasteiger partial charge in [-0.25, -0.2) is 4.98 Å². The van der Waals surface area contributed by atoms with Gasteiger partial charge in [-0.15, -0.1) is 11.8 Å². The molecular weight excluding hydrogens is 222 g/mol. The average molecular weight is 239 g/mol. The summed E-state index contributed by atoms with van der Waals surface area (Å²) in [5, 5.41) is 1.05. The Labute approximate surface area is 101 Å². The number of nitrogens with zero attached hydrogens (tertiary/aromatic N) is 1. The van der Waals surface area contributed by atoms with Crippen LogP contribution in [0.2, 0.25) is 0 Å². The van der Waals surface area contributed by atoms with Crippen LogP contribution in [0.3, 0.4) is 0 Å². The molecule has 1 aliphatic heterocycles. The van der Waals surface area contributed by atoms with Crippen molar-refractivity contribution in [2.75, 3.05) is 19.0 Å². The summed E-state index contributed by atoms with van der Waals surface area (Å²) in [5.74, 6) is 0.927. The molecular formula is C12H17NO2S. The molecule has 1 fully saturated rings. The van der Waals surface area contributed by atoms with Crippen LogP contribution in [0.5, 0.6) is 0 Å². The van der Waals surface area contributed by atoms with Gasteiger partial charge < -0.3 is 9.47 Å². The number of thioether (sulfide) groups is 1. The predicted molar refractivity (Wildman–Crippen MR) is 64.5 cm³/mol. The maximum Gasteiger partial charge on any atom is 0.157 e. The van der Waals surface area contributed by atoms with Crippen molar-refractivity contribution in [1.29, 1.82) is 0 Å². The Kier molecular flexibility index (Phi) is 5.12. The summed E-state index contributed by atoms with van der Waals surface area (Å²) in [4.78, 5) is 4.24. The quantitative estimate of drug-likeness (QED) is 0.584. The van der Waals surface area contributed by atoms with Crippen LogP contribution in [-0.4, -0.2) is 30.2 Å². The first-order valence-electron chi connectivity index (χ1n) is 5.72. The van der Waals surface area contributed by atoms with Crippen molar-refractivity contribution in [3.8, 4) is 0 Å². The topological polar surface area (TPSA) is 31.4 Å². The van der Waals surface area contributed by atoms with Crippen molar-refractivity contribution in [3.05, 3.63) is 24.4 Å². The second kappa shape index (κ2) is 6.89. The van der Waals surface area contributed by atoms with Gasteiger partial charge in [-0.2, -0.15) is 0 Å². The fraction of sp³-hybridized carbons (Fsp3) is 0.583. The molecule has 4 heteroatoms. The SMILES string of the molecule is c1ccc(SCCOC2CCCCO2)nc1. The lowest BCUT2D eigenvalue weighted by Gasteiger charge is -2.22. The van der Waals surface area contributed by atoms with Crippen LogP contribution in [0, 0.1) is 0 Å². The van der Waals surface area contributed by atoms with Crippen LogP contribution in [0.15, 0.2) is 29.4 Å². The fourth-order valence-electron chi connectivity index (χ4n) is 1.60. The van der Waals surface area contributed by atoms with Gasteiger partial charge in [-0.3, -0.25) is 0 Å². The first-order valence-corrected chi connectivity index (χ1v) is 6.71. The number of hydrogen-bond donors (Lipinski definition) is 0. The maximum atomic E-state index is 5.63. The third-order valence-electron chi connectivity index (χ3n) is 2.41. The zero-order valence-electron chi connectivity index (χ0n) is 9.30. The van der Waals surface area contributed by atoms with E-state index in [-0.39, 0.29) is 6.29 Å². The van der Waals surface area contributed by atoms with E-state index < -0.39 is 0 Å². The van der Waals surface area contributed by atoms with Crippen LogP contribution in [0.25, 0.3) is 0 Å². The first kappa shape index (κ1) is 11.9. The van der Waals surface area contributed by atoms with E-state index in [0.717, 1.165) is 30.4 Å². The van der Waals surface area contributed by atoms with E-state index in [2.05, 4.69) is 4.98 Å². The van der Waals surface area contributed by atoms with E-state index in [1.54, 1.807) is 11.8 Å².